The zero-order valence-electron chi connectivity index (χ0n) is 11.2. The van der Waals surface area contributed by atoms with Crippen molar-refractivity contribution in [2.24, 2.45) is 7.05 Å². The Morgan fingerprint density at radius 1 is 1.25 bits per heavy atom. The number of halogens is 1. The molecular weight excluding hydrogens is 314 g/mol. The van der Waals surface area contributed by atoms with E-state index in [4.69, 9.17) is 5.26 Å². The number of benzene rings is 2. The second-order valence-electron chi connectivity index (χ2n) is 4.75. The Morgan fingerprint density at radius 3 is 2.80 bits per heavy atom. The molecule has 1 aromatic heterocycles. The summed E-state index contributed by atoms with van der Waals surface area (Å²) in [6.45, 7) is 2.06. The van der Waals surface area contributed by atoms with Crippen LogP contribution in [0.1, 0.15) is 11.1 Å². The number of fused-ring (bicyclic) bond motifs is 1. The van der Waals surface area contributed by atoms with Crippen molar-refractivity contribution in [1.29, 1.82) is 5.26 Å². The lowest BCUT2D eigenvalue weighted by Gasteiger charge is -2.07. The molecule has 3 nitrogen and oxygen atoms in total. The highest BCUT2D eigenvalue weighted by atomic mass is 79.9. The first-order valence-electron chi connectivity index (χ1n) is 6.24. The van der Waals surface area contributed by atoms with Crippen molar-refractivity contribution in [1.82, 2.24) is 9.55 Å². The number of hydrogen-bond acceptors (Lipinski definition) is 2. The molecule has 4 heteroatoms. The van der Waals surface area contributed by atoms with Crippen LogP contribution in [0.15, 0.2) is 40.9 Å². The lowest BCUT2D eigenvalue weighted by atomic mass is 10.1. The van der Waals surface area contributed by atoms with E-state index in [1.807, 2.05) is 35.9 Å². The van der Waals surface area contributed by atoms with Gasteiger partial charge in [0.1, 0.15) is 5.82 Å². The minimum atomic E-state index is 0.648. The van der Waals surface area contributed by atoms with Crippen LogP contribution >= 0.6 is 15.9 Å². The van der Waals surface area contributed by atoms with Gasteiger partial charge in [-0.05, 0) is 46.6 Å². The van der Waals surface area contributed by atoms with Crippen LogP contribution in [0.4, 0.5) is 0 Å². The molecular formula is C16H12BrN3. The quantitative estimate of drug-likeness (QED) is 0.673. The van der Waals surface area contributed by atoms with Crippen LogP contribution < -0.4 is 0 Å². The Bertz CT molecular complexity index is 856. The van der Waals surface area contributed by atoms with E-state index in [1.165, 1.54) is 5.56 Å². The summed E-state index contributed by atoms with van der Waals surface area (Å²) in [6, 6.07) is 13.9. The standard InChI is InChI=1S/C16H12BrN3/c1-10-4-3-5-12(15(10)17)16-19-13-7-6-11(9-18)8-14(13)20(16)2/h3-8H,1-2H3. The molecule has 0 aliphatic heterocycles. The average Bonchev–Trinajstić information content (AvgIpc) is 2.78. The first-order valence-corrected chi connectivity index (χ1v) is 7.03. The second-order valence-corrected chi connectivity index (χ2v) is 5.54. The molecule has 2 aromatic carbocycles. The predicted molar refractivity (Wildman–Crippen MR) is 83.3 cm³/mol. The largest absolute Gasteiger partial charge is 0.327 e. The molecule has 0 radical (unpaired) electrons. The van der Waals surface area contributed by atoms with Gasteiger partial charge in [0, 0.05) is 17.1 Å². The predicted octanol–water partition coefficient (Wildman–Crippen LogP) is 4.18. The third-order valence-electron chi connectivity index (χ3n) is 3.44. The smallest absolute Gasteiger partial charge is 0.142 e. The SMILES string of the molecule is Cc1cccc(-c2nc3ccc(C#N)cc3n2C)c1Br. The van der Waals surface area contributed by atoms with Gasteiger partial charge in [-0.1, -0.05) is 18.2 Å². The van der Waals surface area contributed by atoms with Crippen LogP contribution in [-0.4, -0.2) is 9.55 Å². The van der Waals surface area contributed by atoms with Gasteiger partial charge in [0.15, 0.2) is 0 Å². The van der Waals surface area contributed by atoms with E-state index < -0.39 is 0 Å². The normalized spacial score (nSPS) is 10.7. The Labute approximate surface area is 125 Å². The van der Waals surface area contributed by atoms with Crippen LogP contribution in [0.3, 0.4) is 0 Å². The van der Waals surface area contributed by atoms with E-state index >= 15 is 0 Å². The maximum atomic E-state index is 9.01. The maximum absolute atomic E-state index is 9.01. The fourth-order valence-electron chi connectivity index (χ4n) is 2.32. The Morgan fingerprint density at radius 2 is 2.05 bits per heavy atom. The van der Waals surface area contributed by atoms with E-state index in [2.05, 4.69) is 40.0 Å². The zero-order chi connectivity index (χ0) is 14.3. The summed E-state index contributed by atoms with van der Waals surface area (Å²) < 4.78 is 3.08. The van der Waals surface area contributed by atoms with Crippen molar-refractivity contribution >= 4 is 27.0 Å². The number of nitriles is 1. The number of imidazole rings is 1. The van der Waals surface area contributed by atoms with E-state index in [1.54, 1.807) is 6.07 Å². The molecule has 3 aromatic rings. The minimum absolute atomic E-state index is 0.648. The van der Waals surface area contributed by atoms with Crippen LogP contribution in [0.5, 0.6) is 0 Å². The molecule has 0 spiro atoms. The van der Waals surface area contributed by atoms with E-state index in [-0.39, 0.29) is 0 Å². The number of aryl methyl sites for hydroxylation is 2. The van der Waals surface area contributed by atoms with Crippen molar-refractivity contribution in [2.45, 2.75) is 6.92 Å². The van der Waals surface area contributed by atoms with Crippen molar-refractivity contribution < 1.29 is 0 Å². The summed E-state index contributed by atoms with van der Waals surface area (Å²) >= 11 is 3.63. The summed E-state index contributed by atoms with van der Waals surface area (Å²) in [5.41, 5.74) is 4.74. The van der Waals surface area contributed by atoms with Gasteiger partial charge in [0.05, 0.1) is 22.7 Å². The Hall–Kier alpha value is -2.12. The molecule has 0 fully saturated rings. The summed E-state index contributed by atoms with van der Waals surface area (Å²) in [4.78, 5) is 4.68. The first kappa shape index (κ1) is 12.9. The van der Waals surface area contributed by atoms with Crippen molar-refractivity contribution in [3.05, 3.63) is 52.0 Å². The number of hydrogen-bond donors (Lipinski definition) is 0. The molecule has 0 atom stereocenters. The summed E-state index contributed by atoms with van der Waals surface area (Å²) in [6.07, 6.45) is 0. The molecule has 1 heterocycles. The Kier molecular flexibility index (Phi) is 3.07. The summed E-state index contributed by atoms with van der Waals surface area (Å²) in [7, 11) is 1.97. The summed E-state index contributed by atoms with van der Waals surface area (Å²) in [5, 5.41) is 9.01. The lowest BCUT2D eigenvalue weighted by molar-refractivity contribution is 0.957. The third kappa shape index (κ3) is 1.91. The van der Waals surface area contributed by atoms with Crippen molar-refractivity contribution in [3.63, 3.8) is 0 Å². The fourth-order valence-corrected chi connectivity index (χ4v) is 2.76. The third-order valence-corrected chi connectivity index (χ3v) is 4.50. The minimum Gasteiger partial charge on any atom is -0.327 e. The van der Waals surface area contributed by atoms with Gasteiger partial charge in [0.2, 0.25) is 0 Å². The molecule has 20 heavy (non-hydrogen) atoms. The molecule has 0 aliphatic carbocycles. The fraction of sp³-hybridized carbons (Fsp3) is 0.125. The van der Waals surface area contributed by atoms with Gasteiger partial charge in [-0.2, -0.15) is 5.26 Å². The van der Waals surface area contributed by atoms with Crippen LogP contribution in [-0.2, 0) is 7.05 Å². The van der Waals surface area contributed by atoms with Crippen LogP contribution in [0.25, 0.3) is 22.4 Å². The first-order chi connectivity index (χ1) is 9.61. The molecule has 0 N–H and O–H groups in total. The molecule has 0 unspecified atom stereocenters. The second kappa shape index (κ2) is 4.77. The average molecular weight is 326 g/mol. The van der Waals surface area contributed by atoms with Crippen molar-refractivity contribution in [3.8, 4) is 17.5 Å². The molecule has 0 saturated carbocycles. The van der Waals surface area contributed by atoms with Gasteiger partial charge >= 0.3 is 0 Å². The number of aromatic nitrogens is 2. The van der Waals surface area contributed by atoms with Crippen LogP contribution in [0.2, 0.25) is 0 Å². The molecule has 0 bridgehead atoms. The Balaban J connectivity index is 2.30. The molecule has 0 aliphatic rings. The highest BCUT2D eigenvalue weighted by Gasteiger charge is 2.13. The summed E-state index contributed by atoms with van der Waals surface area (Å²) in [5.74, 6) is 0.894. The van der Waals surface area contributed by atoms with E-state index in [0.29, 0.717) is 5.56 Å². The maximum Gasteiger partial charge on any atom is 0.142 e. The topological polar surface area (TPSA) is 41.6 Å². The zero-order valence-corrected chi connectivity index (χ0v) is 12.8. The van der Waals surface area contributed by atoms with E-state index in [9.17, 15) is 0 Å². The number of nitrogens with zero attached hydrogens (tertiary/aromatic N) is 3. The molecule has 3 rings (SSSR count). The van der Waals surface area contributed by atoms with Gasteiger partial charge in [-0.15, -0.1) is 0 Å². The highest BCUT2D eigenvalue weighted by molar-refractivity contribution is 9.10. The van der Waals surface area contributed by atoms with Gasteiger partial charge in [-0.25, -0.2) is 4.98 Å². The van der Waals surface area contributed by atoms with Gasteiger partial charge < -0.3 is 4.57 Å². The molecule has 98 valence electrons. The van der Waals surface area contributed by atoms with Gasteiger partial charge in [-0.3, -0.25) is 0 Å². The van der Waals surface area contributed by atoms with Crippen LogP contribution in [0, 0.1) is 18.3 Å². The molecule has 0 amide bonds. The van der Waals surface area contributed by atoms with Gasteiger partial charge in [0.25, 0.3) is 0 Å². The number of rotatable bonds is 1. The highest BCUT2D eigenvalue weighted by Crippen LogP contribution is 2.32. The monoisotopic (exact) mass is 325 g/mol. The van der Waals surface area contributed by atoms with E-state index in [0.717, 1.165) is 26.9 Å². The lowest BCUT2D eigenvalue weighted by Crippen LogP contribution is -1.94. The molecule has 0 saturated heterocycles. The van der Waals surface area contributed by atoms with Crippen molar-refractivity contribution in [2.75, 3.05) is 0 Å².